The van der Waals surface area contributed by atoms with Crippen molar-refractivity contribution in [3.05, 3.63) is 12.4 Å². The third-order valence-electron chi connectivity index (χ3n) is 1.12. The van der Waals surface area contributed by atoms with E-state index in [-0.39, 0.29) is 0 Å². The summed E-state index contributed by atoms with van der Waals surface area (Å²) < 4.78 is 0. The van der Waals surface area contributed by atoms with E-state index >= 15 is 0 Å². The second kappa shape index (κ2) is 5.69. The van der Waals surface area contributed by atoms with Gasteiger partial charge in [0.2, 0.25) is 0 Å². The summed E-state index contributed by atoms with van der Waals surface area (Å²) in [4.78, 5) is 1.85. The zero-order chi connectivity index (χ0) is 7.98. The van der Waals surface area contributed by atoms with Crippen molar-refractivity contribution < 1.29 is 0 Å². The second-order valence-electron chi connectivity index (χ2n) is 1.86. The third kappa shape index (κ3) is 3.85. The summed E-state index contributed by atoms with van der Waals surface area (Å²) in [6.45, 7) is 5.00. The molecule has 0 amide bonds. The molecule has 0 radical (unpaired) electrons. The number of nitrogens with zero attached hydrogens (tertiary/aromatic N) is 1. The van der Waals surface area contributed by atoms with E-state index in [9.17, 15) is 0 Å². The summed E-state index contributed by atoms with van der Waals surface area (Å²) in [7, 11) is 0. The number of halogens is 2. The Hall–Kier alpha value is -0.0800. The van der Waals surface area contributed by atoms with E-state index in [1.165, 1.54) is 0 Å². The number of alkyl halides is 2. The lowest BCUT2D eigenvalue weighted by Crippen LogP contribution is -2.30. The standard InChI is InChI=1S/C6H12Cl2N2/c1-6(9)10(4-2-7)5-3-8/h1-5,9H2. The highest BCUT2D eigenvalue weighted by Crippen LogP contribution is 1.95. The third-order valence-corrected chi connectivity index (χ3v) is 1.45. The van der Waals surface area contributed by atoms with E-state index in [1.807, 2.05) is 4.90 Å². The number of nitrogens with two attached hydrogens (primary N) is 1. The first kappa shape index (κ1) is 9.92. The quantitative estimate of drug-likeness (QED) is 0.649. The normalized spacial score (nSPS) is 9.40. The first-order valence-electron chi connectivity index (χ1n) is 3.03. The number of hydrogen-bond acceptors (Lipinski definition) is 2. The van der Waals surface area contributed by atoms with Gasteiger partial charge in [0.1, 0.15) is 0 Å². The van der Waals surface area contributed by atoms with Gasteiger partial charge in [0.15, 0.2) is 0 Å². The highest BCUT2D eigenvalue weighted by atomic mass is 35.5. The fraction of sp³-hybridized carbons (Fsp3) is 0.667. The molecule has 0 heterocycles. The molecule has 4 heteroatoms. The zero-order valence-electron chi connectivity index (χ0n) is 5.82. The molecule has 10 heavy (non-hydrogen) atoms. The van der Waals surface area contributed by atoms with Crippen LogP contribution in [0.25, 0.3) is 0 Å². The summed E-state index contributed by atoms with van der Waals surface area (Å²) in [5.41, 5.74) is 5.42. The summed E-state index contributed by atoms with van der Waals surface area (Å²) >= 11 is 11.0. The van der Waals surface area contributed by atoms with Crippen LogP contribution in [0.4, 0.5) is 0 Å². The van der Waals surface area contributed by atoms with Gasteiger partial charge in [-0.3, -0.25) is 0 Å². The minimum absolute atomic E-state index is 0.529. The molecule has 0 saturated carbocycles. The lowest BCUT2D eigenvalue weighted by molar-refractivity contribution is 0.384. The minimum atomic E-state index is 0.529. The first-order chi connectivity index (χ1) is 4.72. The average molecular weight is 183 g/mol. The van der Waals surface area contributed by atoms with E-state index < -0.39 is 0 Å². The minimum Gasteiger partial charge on any atom is -0.386 e. The maximum Gasteiger partial charge on any atom is 0.0913 e. The Kier molecular flexibility index (Phi) is 5.64. The molecule has 0 atom stereocenters. The van der Waals surface area contributed by atoms with Crippen molar-refractivity contribution in [2.45, 2.75) is 0 Å². The van der Waals surface area contributed by atoms with Gasteiger partial charge in [-0.1, -0.05) is 6.58 Å². The van der Waals surface area contributed by atoms with Crippen LogP contribution in [-0.4, -0.2) is 29.7 Å². The Labute approximate surface area is 71.6 Å². The smallest absolute Gasteiger partial charge is 0.0913 e. The summed E-state index contributed by atoms with van der Waals surface area (Å²) in [5, 5.41) is 0. The Bertz CT molecular complexity index is 99.9. The molecular formula is C6H12Cl2N2. The molecule has 0 aromatic carbocycles. The Morgan fingerprint density at radius 3 is 1.90 bits per heavy atom. The van der Waals surface area contributed by atoms with Crippen molar-refractivity contribution in [2.75, 3.05) is 24.8 Å². The summed E-state index contributed by atoms with van der Waals surface area (Å²) in [6.07, 6.45) is 0. The van der Waals surface area contributed by atoms with Crippen LogP contribution in [0.15, 0.2) is 12.4 Å². The molecule has 0 saturated heterocycles. The molecule has 2 nitrogen and oxygen atoms in total. The van der Waals surface area contributed by atoms with Gasteiger partial charge in [-0.05, 0) is 0 Å². The molecule has 0 spiro atoms. The summed E-state index contributed by atoms with van der Waals surface area (Å²) in [6, 6.07) is 0. The van der Waals surface area contributed by atoms with Crippen LogP contribution in [0.2, 0.25) is 0 Å². The van der Waals surface area contributed by atoms with E-state index in [1.54, 1.807) is 0 Å². The lowest BCUT2D eigenvalue weighted by Gasteiger charge is -2.21. The summed E-state index contributed by atoms with van der Waals surface area (Å²) in [5.74, 6) is 1.63. The van der Waals surface area contributed by atoms with Crippen LogP contribution in [0.3, 0.4) is 0 Å². The molecule has 0 aliphatic heterocycles. The van der Waals surface area contributed by atoms with Crippen LogP contribution in [0, 0.1) is 0 Å². The van der Waals surface area contributed by atoms with Gasteiger partial charge in [0.05, 0.1) is 5.82 Å². The molecule has 0 aromatic rings. The Morgan fingerprint density at radius 2 is 1.70 bits per heavy atom. The number of rotatable bonds is 5. The zero-order valence-corrected chi connectivity index (χ0v) is 7.33. The monoisotopic (exact) mass is 182 g/mol. The maximum absolute atomic E-state index is 5.49. The van der Waals surface area contributed by atoms with Crippen LogP contribution >= 0.6 is 23.2 Å². The van der Waals surface area contributed by atoms with Crippen molar-refractivity contribution in [1.29, 1.82) is 0 Å². The average Bonchev–Trinajstić information content (AvgIpc) is 1.87. The molecule has 0 aliphatic carbocycles. The van der Waals surface area contributed by atoms with Crippen LogP contribution < -0.4 is 5.73 Å². The van der Waals surface area contributed by atoms with E-state index in [0.717, 1.165) is 0 Å². The molecule has 0 aliphatic rings. The molecule has 0 rings (SSSR count). The van der Waals surface area contributed by atoms with E-state index in [4.69, 9.17) is 28.9 Å². The van der Waals surface area contributed by atoms with Crippen molar-refractivity contribution in [3.8, 4) is 0 Å². The van der Waals surface area contributed by atoms with Gasteiger partial charge >= 0.3 is 0 Å². The van der Waals surface area contributed by atoms with Gasteiger partial charge in [0.25, 0.3) is 0 Å². The van der Waals surface area contributed by atoms with E-state index in [0.29, 0.717) is 30.7 Å². The predicted molar refractivity (Wildman–Crippen MR) is 46.3 cm³/mol. The van der Waals surface area contributed by atoms with E-state index in [2.05, 4.69) is 6.58 Å². The Balaban J connectivity index is 3.61. The van der Waals surface area contributed by atoms with Crippen LogP contribution in [0.1, 0.15) is 0 Å². The highest BCUT2D eigenvalue weighted by molar-refractivity contribution is 6.18. The molecule has 0 bridgehead atoms. The molecule has 2 N–H and O–H groups in total. The highest BCUT2D eigenvalue weighted by Gasteiger charge is 2.00. The largest absolute Gasteiger partial charge is 0.386 e. The van der Waals surface area contributed by atoms with Crippen LogP contribution in [0.5, 0.6) is 0 Å². The first-order valence-corrected chi connectivity index (χ1v) is 4.10. The molecular weight excluding hydrogens is 171 g/mol. The van der Waals surface area contributed by atoms with Crippen molar-refractivity contribution >= 4 is 23.2 Å². The molecule has 0 fully saturated rings. The predicted octanol–water partition coefficient (Wildman–Crippen LogP) is 1.20. The molecule has 60 valence electrons. The van der Waals surface area contributed by atoms with Gasteiger partial charge in [0, 0.05) is 24.8 Å². The maximum atomic E-state index is 5.49. The lowest BCUT2D eigenvalue weighted by atomic mass is 10.5. The van der Waals surface area contributed by atoms with Gasteiger partial charge in [-0.2, -0.15) is 0 Å². The topological polar surface area (TPSA) is 29.3 Å². The molecule has 0 aromatic heterocycles. The SMILES string of the molecule is C=C(N)N(CCCl)CCCl. The van der Waals surface area contributed by atoms with Gasteiger partial charge < -0.3 is 10.6 Å². The van der Waals surface area contributed by atoms with Crippen molar-refractivity contribution in [3.63, 3.8) is 0 Å². The Morgan fingerprint density at radius 1 is 1.30 bits per heavy atom. The van der Waals surface area contributed by atoms with Crippen molar-refractivity contribution in [2.24, 2.45) is 5.73 Å². The fourth-order valence-corrected chi connectivity index (χ4v) is 1.01. The van der Waals surface area contributed by atoms with Gasteiger partial charge in [-0.15, -0.1) is 23.2 Å². The van der Waals surface area contributed by atoms with Crippen molar-refractivity contribution in [1.82, 2.24) is 4.90 Å². The second-order valence-corrected chi connectivity index (χ2v) is 2.61. The fourth-order valence-electron chi connectivity index (χ4n) is 0.603. The number of hydrogen-bond donors (Lipinski definition) is 1. The molecule has 0 unspecified atom stereocenters. The van der Waals surface area contributed by atoms with Gasteiger partial charge in [-0.25, -0.2) is 0 Å². The van der Waals surface area contributed by atoms with Crippen LogP contribution in [-0.2, 0) is 0 Å².